The molecule has 2 aliphatic rings. The predicted molar refractivity (Wildman–Crippen MR) is 54.7 cm³/mol. The molecule has 0 aromatic heterocycles. The van der Waals surface area contributed by atoms with Crippen LogP contribution in [0.3, 0.4) is 0 Å². The number of ether oxygens (including phenoxy) is 3. The average Bonchev–Trinajstić information content (AvgIpc) is 3.01. The van der Waals surface area contributed by atoms with E-state index in [4.69, 9.17) is 14.2 Å². The average molecular weight is 216 g/mol. The van der Waals surface area contributed by atoms with Crippen LogP contribution in [0, 0.1) is 5.92 Å². The monoisotopic (exact) mass is 216 g/mol. The van der Waals surface area contributed by atoms with Crippen LogP contribution in [0.15, 0.2) is 0 Å². The highest BCUT2D eigenvalue weighted by atomic mass is 16.6. The van der Waals surface area contributed by atoms with Crippen molar-refractivity contribution < 1.29 is 19.3 Å². The van der Waals surface area contributed by atoms with Crippen LogP contribution >= 0.6 is 0 Å². The van der Waals surface area contributed by atoms with Crippen LogP contribution in [-0.2, 0) is 14.2 Å². The second-order valence-corrected chi connectivity index (χ2v) is 4.63. The van der Waals surface area contributed by atoms with Crippen LogP contribution < -0.4 is 0 Å². The van der Waals surface area contributed by atoms with Gasteiger partial charge in [0.1, 0.15) is 0 Å². The van der Waals surface area contributed by atoms with Gasteiger partial charge in [0, 0.05) is 20.1 Å². The Bertz CT molecular complexity index is 227. The van der Waals surface area contributed by atoms with Gasteiger partial charge in [0.15, 0.2) is 0 Å². The molecule has 0 bridgehead atoms. The van der Waals surface area contributed by atoms with Gasteiger partial charge in [0.25, 0.3) is 0 Å². The fourth-order valence-corrected chi connectivity index (χ4v) is 2.84. The molecule has 5 atom stereocenters. The zero-order chi connectivity index (χ0) is 11.1. The molecule has 5 unspecified atom stereocenters. The van der Waals surface area contributed by atoms with Gasteiger partial charge in [-0.05, 0) is 19.8 Å². The summed E-state index contributed by atoms with van der Waals surface area (Å²) in [6.07, 6.45) is 1.15. The van der Waals surface area contributed by atoms with Crippen molar-refractivity contribution in [3.05, 3.63) is 0 Å². The van der Waals surface area contributed by atoms with Crippen LogP contribution in [0.1, 0.15) is 19.8 Å². The molecule has 0 aromatic rings. The van der Waals surface area contributed by atoms with E-state index >= 15 is 0 Å². The first-order chi connectivity index (χ1) is 7.14. The largest absolute Gasteiger partial charge is 0.390 e. The van der Waals surface area contributed by atoms with Crippen molar-refractivity contribution in [1.29, 1.82) is 0 Å². The number of hydrogen-bond donors (Lipinski definition) is 1. The Hall–Kier alpha value is -0.160. The van der Waals surface area contributed by atoms with E-state index in [1.54, 1.807) is 14.2 Å². The summed E-state index contributed by atoms with van der Waals surface area (Å²) in [5.41, 5.74) is -0.0880. The highest BCUT2D eigenvalue weighted by Crippen LogP contribution is 2.48. The number of rotatable bonds is 3. The van der Waals surface area contributed by atoms with Gasteiger partial charge in [-0.15, -0.1) is 0 Å². The molecule has 0 amide bonds. The SMILES string of the molecule is COC(C)C1C(OC)C(O)CCC12CO2. The van der Waals surface area contributed by atoms with Gasteiger partial charge in [-0.3, -0.25) is 0 Å². The molecule has 1 aliphatic heterocycles. The molecule has 1 heterocycles. The molecule has 0 radical (unpaired) electrons. The molecule has 2 fully saturated rings. The summed E-state index contributed by atoms with van der Waals surface area (Å²) in [4.78, 5) is 0. The first-order valence-electron chi connectivity index (χ1n) is 5.52. The highest BCUT2D eigenvalue weighted by molar-refractivity contribution is 5.08. The molecule has 15 heavy (non-hydrogen) atoms. The molecule has 88 valence electrons. The molecule has 4 heteroatoms. The van der Waals surface area contributed by atoms with Crippen LogP contribution in [0.25, 0.3) is 0 Å². The number of epoxide rings is 1. The Morgan fingerprint density at radius 2 is 2.13 bits per heavy atom. The Labute approximate surface area is 90.5 Å². The molecule has 4 nitrogen and oxygen atoms in total. The van der Waals surface area contributed by atoms with E-state index in [1.807, 2.05) is 6.92 Å². The first-order valence-corrected chi connectivity index (χ1v) is 5.52. The van der Waals surface area contributed by atoms with Crippen molar-refractivity contribution in [2.24, 2.45) is 5.92 Å². The molecule has 1 N–H and O–H groups in total. The number of aliphatic hydroxyl groups is 1. The van der Waals surface area contributed by atoms with E-state index in [1.165, 1.54) is 0 Å². The summed E-state index contributed by atoms with van der Waals surface area (Å²) in [5, 5.41) is 9.91. The molecule has 1 saturated heterocycles. The second kappa shape index (κ2) is 4.01. The summed E-state index contributed by atoms with van der Waals surface area (Å²) in [7, 11) is 3.33. The standard InChI is InChI=1S/C11H20O4/c1-7(13-2)9-10(14-3)8(12)4-5-11(9)6-15-11/h7-10,12H,4-6H2,1-3H3. The van der Waals surface area contributed by atoms with E-state index in [-0.39, 0.29) is 23.7 Å². The molecule has 1 saturated carbocycles. The van der Waals surface area contributed by atoms with Crippen LogP contribution in [0.5, 0.6) is 0 Å². The minimum absolute atomic E-state index is 0.0485. The fourth-order valence-electron chi connectivity index (χ4n) is 2.84. The van der Waals surface area contributed by atoms with Gasteiger partial charge in [0.05, 0.1) is 30.5 Å². The van der Waals surface area contributed by atoms with Crippen molar-refractivity contribution in [2.45, 2.75) is 43.7 Å². The molecule has 1 aliphatic carbocycles. The van der Waals surface area contributed by atoms with Gasteiger partial charge >= 0.3 is 0 Å². The van der Waals surface area contributed by atoms with Crippen LogP contribution in [0.2, 0.25) is 0 Å². The van der Waals surface area contributed by atoms with Gasteiger partial charge < -0.3 is 19.3 Å². The van der Waals surface area contributed by atoms with E-state index in [0.29, 0.717) is 0 Å². The quantitative estimate of drug-likeness (QED) is 0.701. The summed E-state index contributed by atoms with van der Waals surface area (Å²) < 4.78 is 16.4. The van der Waals surface area contributed by atoms with Crippen molar-refractivity contribution in [1.82, 2.24) is 0 Å². The van der Waals surface area contributed by atoms with E-state index < -0.39 is 6.10 Å². The van der Waals surface area contributed by atoms with Crippen LogP contribution in [-0.4, -0.2) is 49.8 Å². The molecule has 0 aromatic carbocycles. The van der Waals surface area contributed by atoms with Crippen molar-refractivity contribution in [3.63, 3.8) is 0 Å². The summed E-state index contributed by atoms with van der Waals surface area (Å²) in [6, 6.07) is 0. The van der Waals surface area contributed by atoms with Gasteiger partial charge in [-0.1, -0.05) is 0 Å². The third kappa shape index (κ3) is 1.80. The molecular formula is C11H20O4. The molecule has 2 rings (SSSR count). The predicted octanol–water partition coefficient (Wildman–Crippen LogP) is 0.576. The minimum atomic E-state index is -0.396. The first kappa shape index (κ1) is 11.3. The normalized spacial score (nSPS) is 46.8. The van der Waals surface area contributed by atoms with Crippen molar-refractivity contribution in [2.75, 3.05) is 20.8 Å². The Morgan fingerprint density at radius 1 is 1.47 bits per heavy atom. The number of methoxy groups -OCH3 is 2. The number of aliphatic hydroxyl groups excluding tert-OH is 1. The summed E-state index contributed by atoms with van der Waals surface area (Å²) in [5.74, 6) is 0.135. The van der Waals surface area contributed by atoms with E-state index in [9.17, 15) is 5.11 Å². The summed E-state index contributed by atoms with van der Waals surface area (Å²) >= 11 is 0. The lowest BCUT2D eigenvalue weighted by Crippen LogP contribution is -2.53. The second-order valence-electron chi connectivity index (χ2n) is 4.63. The van der Waals surface area contributed by atoms with Gasteiger partial charge in [0.2, 0.25) is 0 Å². The Morgan fingerprint density at radius 3 is 2.60 bits per heavy atom. The highest BCUT2D eigenvalue weighted by Gasteiger charge is 2.60. The lowest BCUT2D eigenvalue weighted by molar-refractivity contribution is -0.133. The molecular weight excluding hydrogens is 196 g/mol. The maximum absolute atomic E-state index is 9.91. The van der Waals surface area contributed by atoms with E-state index in [0.717, 1.165) is 19.4 Å². The third-order valence-corrected chi connectivity index (χ3v) is 3.87. The fraction of sp³-hybridized carbons (Fsp3) is 1.00. The Balaban J connectivity index is 2.17. The minimum Gasteiger partial charge on any atom is -0.390 e. The lowest BCUT2D eigenvalue weighted by atomic mass is 9.73. The van der Waals surface area contributed by atoms with E-state index in [2.05, 4.69) is 0 Å². The Kier molecular flexibility index (Phi) is 3.03. The summed E-state index contributed by atoms with van der Waals surface area (Å²) in [6.45, 7) is 2.79. The van der Waals surface area contributed by atoms with Crippen molar-refractivity contribution >= 4 is 0 Å². The maximum Gasteiger partial charge on any atom is 0.0996 e. The third-order valence-electron chi connectivity index (χ3n) is 3.87. The zero-order valence-corrected chi connectivity index (χ0v) is 9.60. The topological polar surface area (TPSA) is 51.2 Å². The smallest absolute Gasteiger partial charge is 0.0996 e. The van der Waals surface area contributed by atoms with Crippen molar-refractivity contribution in [3.8, 4) is 0 Å². The number of hydrogen-bond acceptors (Lipinski definition) is 4. The lowest BCUT2D eigenvalue weighted by Gasteiger charge is -2.41. The molecule has 1 spiro atoms. The maximum atomic E-state index is 9.91. The zero-order valence-electron chi connectivity index (χ0n) is 9.60. The van der Waals surface area contributed by atoms with Gasteiger partial charge in [-0.25, -0.2) is 0 Å². The van der Waals surface area contributed by atoms with Gasteiger partial charge in [-0.2, -0.15) is 0 Å². The van der Waals surface area contributed by atoms with Crippen LogP contribution in [0.4, 0.5) is 0 Å².